The predicted molar refractivity (Wildman–Crippen MR) is 74.3 cm³/mol. The summed E-state index contributed by atoms with van der Waals surface area (Å²) in [6.45, 7) is 13.3. The molecular formula is C15H30N2. The second kappa shape index (κ2) is 4.89. The minimum atomic E-state index is 0.377. The quantitative estimate of drug-likeness (QED) is 0.810. The second-order valence-electron chi connectivity index (χ2n) is 6.60. The molecular weight excluding hydrogens is 208 g/mol. The Hall–Kier alpha value is -0.0800. The van der Waals surface area contributed by atoms with Gasteiger partial charge in [0.25, 0.3) is 0 Å². The number of nitrogens with one attached hydrogen (secondary N) is 1. The molecule has 100 valence electrons. The Kier molecular flexibility index (Phi) is 3.84. The summed E-state index contributed by atoms with van der Waals surface area (Å²) in [5.41, 5.74) is 0.782. The predicted octanol–water partition coefficient (Wildman–Crippen LogP) is 3.03. The van der Waals surface area contributed by atoms with Crippen LogP contribution >= 0.6 is 0 Å². The summed E-state index contributed by atoms with van der Waals surface area (Å²) in [5.74, 6) is 0.932. The lowest BCUT2D eigenvalue weighted by atomic mass is 9.89. The summed E-state index contributed by atoms with van der Waals surface area (Å²) >= 11 is 0. The van der Waals surface area contributed by atoms with Crippen LogP contribution in [-0.2, 0) is 0 Å². The molecule has 2 nitrogen and oxygen atoms in total. The molecule has 2 fully saturated rings. The molecule has 0 radical (unpaired) electrons. The maximum Gasteiger partial charge on any atom is 0.0308 e. The molecule has 0 aromatic heterocycles. The van der Waals surface area contributed by atoms with Crippen molar-refractivity contribution >= 4 is 0 Å². The van der Waals surface area contributed by atoms with E-state index in [1.54, 1.807) is 0 Å². The first-order valence-electron chi connectivity index (χ1n) is 7.54. The standard InChI is InChI=1S/C15H30N2/c1-5-14(3,6-2)17-11-7-10-16-15(4,12-17)13-8-9-13/h13,16H,5-12H2,1-4H3. The fraction of sp³-hybridized carbons (Fsp3) is 1.00. The van der Waals surface area contributed by atoms with Gasteiger partial charge in [0.2, 0.25) is 0 Å². The Morgan fingerprint density at radius 3 is 2.47 bits per heavy atom. The highest BCUT2D eigenvalue weighted by Crippen LogP contribution is 2.41. The monoisotopic (exact) mass is 238 g/mol. The summed E-state index contributed by atoms with van der Waals surface area (Å²) < 4.78 is 0. The van der Waals surface area contributed by atoms with Gasteiger partial charge in [0.05, 0.1) is 0 Å². The van der Waals surface area contributed by atoms with Crippen LogP contribution in [0.3, 0.4) is 0 Å². The molecule has 1 aliphatic carbocycles. The highest BCUT2D eigenvalue weighted by atomic mass is 15.2. The van der Waals surface area contributed by atoms with E-state index < -0.39 is 0 Å². The Balaban J connectivity index is 2.11. The van der Waals surface area contributed by atoms with Crippen LogP contribution in [0.4, 0.5) is 0 Å². The summed E-state index contributed by atoms with van der Waals surface area (Å²) in [6, 6.07) is 0. The normalized spacial score (nSPS) is 32.5. The average Bonchev–Trinajstić information content (AvgIpc) is 3.14. The van der Waals surface area contributed by atoms with Crippen LogP contribution in [0.2, 0.25) is 0 Å². The van der Waals surface area contributed by atoms with Gasteiger partial charge in [-0.1, -0.05) is 13.8 Å². The van der Waals surface area contributed by atoms with Crippen molar-refractivity contribution in [1.82, 2.24) is 10.2 Å². The molecule has 1 saturated carbocycles. The lowest BCUT2D eigenvalue weighted by molar-refractivity contribution is 0.0703. The van der Waals surface area contributed by atoms with Gasteiger partial charge in [-0.25, -0.2) is 0 Å². The lowest BCUT2D eigenvalue weighted by Crippen LogP contribution is -2.56. The Morgan fingerprint density at radius 2 is 1.94 bits per heavy atom. The molecule has 17 heavy (non-hydrogen) atoms. The Morgan fingerprint density at radius 1 is 1.29 bits per heavy atom. The summed E-state index contributed by atoms with van der Waals surface area (Å²) in [4.78, 5) is 2.77. The molecule has 0 spiro atoms. The molecule has 1 unspecified atom stereocenters. The number of rotatable bonds is 4. The molecule has 0 aromatic carbocycles. The highest BCUT2D eigenvalue weighted by molar-refractivity contribution is 5.03. The Bertz CT molecular complexity index is 256. The van der Waals surface area contributed by atoms with Crippen LogP contribution in [0.15, 0.2) is 0 Å². The summed E-state index contributed by atoms with van der Waals surface area (Å²) in [5, 5.41) is 3.83. The molecule has 1 saturated heterocycles. The van der Waals surface area contributed by atoms with Gasteiger partial charge >= 0.3 is 0 Å². The van der Waals surface area contributed by atoms with Crippen LogP contribution in [0, 0.1) is 5.92 Å². The minimum Gasteiger partial charge on any atom is -0.310 e. The maximum absolute atomic E-state index is 3.83. The van der Waals surface area contributed by atoms with E-state index in [1.807, 2.05) is 0 Å². The van der Waals surface area contributed by atoms with E-state index in [0.717, 1.165) is 5.92 Å². The van der Waals surface area contributed by atoms with Crippen molar-refractivity contribution in [2.75, 3.05) is 19.6 Å². The van der Waals surface area contributed by atoms with Crippen molar-refractivity contribution in [2.24, 2.45) is 5.92 Å². The number of nitrogens with zero attached hydrogens (tertiary/aromatic N) is 1. The third kappa shape index (κ3) is 2.68. The molecule has 0 aromatic rings. The van der Waals surface area contributed by atoms with Gasteiger partial charge in [-0.05, 0) is 65.0 Å². The van der Waals surface area contributed by atoms with Gasteiger partial charge in [0, 0.05) is 17.6 Å². The van der Waals surface area contributed by atoms with Crippen molar-refractivity contribution in [1.29, 1.82) is 0 Å². The van der Waals surface area contributed by atoms with Gasteiger partial charge in [-0.15, -0.1) is 0 Å². The molecule has 1 N–H and O–H groups in total. The Labute approximate surface area is 107 Å². The van der Waals surface area contributed by atoms with E-state index in [1.165, 1.54) is 51.7 Å². The molecule has 2 rings (SSSR count). The third-order valence-electron chi connectivity index (χ3n) is 5.42. The summed E-state index contributed by atoms with van der Waals surface area (Å²) in [7, 11) is 0. The first-order valence-corrected chi connectivity index (χ1v) is 7.54. The van der Waals surface area contributed by atoms with Gasteiger partial charge in [-0.3, -0.25) is 4.90 Å². The SMILES string of the molecule is CCC(C)(CC)N1CCCNC(C)(C2CC2)C1. The van der Waals surface area contributed by atoms with Gasteiger partial charge in [0.15, 0.2) is 0 Å². The minimum absolute atomic E-state index is 0.377. The smallest absolute Gasteiger partial charge is 0.0308 e. The van der Waals surface area contributed by atoms with E-state index >= 15 is 0 Å². The van der Waals surface area contributed by atoms with E-state index in [9.17, 15) is 0 Å². The molecule has 1 heterocycles. The average molecular weight is 238 g/mol. The topological polar surface area (TPSA) is 15.3 Å². The van der Waals surface area contributed by atoms with Crippen LogP contribution < -0.4 is 5.32 Å². The van der Waals surface area contributed by atoms with E-state index in [4.69, 9.17) is 0 Å². The zero-order chi connectivity index (χ0) is 12.5. The molecule has 2 heteroatoms. The fourth-order valence-electron chi connectivity index (χ4n) is 3.33. The van der Waals surface area contributed by atoms with E-state index in [2.05, 4.69) is 37.9 Å². The second-order valence-corrected chi connectivity index (χ2v) is 6.60. The summed E-state index contributed by atoms with van der Waals surface area (Å²) in [6.07, 6.45) is 6.71. The van der Waals surface area contributed by atoms with Crippen molar-refractivity contribution in [3.05, 3.63) is 0 Å². The van der Waals surface area contributed by atoms with Crippen LogP contribution in [0.25, 0.3) is 0 Å². The zero-order valence-electron chi connectivity index (χ0n) is 12.2. The van der Waals surface area contributed by atoms with Crippen LogP contribution in [-0.4, -0.2) is 35.6 Å². The van der Waals surface area contributed by atoms with Gasteiger partial charge < -0.3 is 5.32 Å². The largest absolute Gasteiger partial charge is 0.310 e. The van der Waals surface area contributed by atoms with E-state index in [-0.39, 0.29) is 0 Å². The molecule has 0 amide bonds. The molecule has 1 atom stereocenters. The lowest BCUT2D eigenvalue weighted by Gasteiger charge is -2.44. The zero-order valence-corrected chi connectivity index (χ0v) is 12.2. The van der Waals surface area contributed by atoms with Crippen LogP contribution in [0.1, 0.15) is 59.8 Å². The third-order valence-corrected chi connectivity index (χ3v) is 5.42. The van der Waals surface area contributed by atoms with Crippen LogP contribution in [0.5, 0.6) is 0 Å². The van der Waals surface area contributed by atoms with E-state index in [0.29, 0.717) is 11.1 Å². The van der Waals surface area contributed by atoms with Crippen molar-refractivity contribution in [3.8, 4) is 0 Å². The highest BCUT2D eigenvalue weighted by Gasteiger charge is 2.45. The number of hydrogen-bond acceptors (Lipinski definition) is 2. The maximum atomic E-state index is 3.83. The van der Waals surface area contributed by atoms with Crippen molar-refractivity contribution in [3.63, 3.8) is 0 Å². The first-order chi connectivity index (χ1) is 8.04. The fourth-order valence-corrected chi connectivity index (χ4v) is 3.33. The van der Waals surface area contributed by atoms with Crippen molar-refractivity contribution in [2.45, 2.75) is 70.9 Å². The first kappa shape index (κ1) is 13.4. The molecule has 0 bridgehead atoms. The van der Waals surface area contributed by atoms with Gasteiger partial charge in [-0.2, -0.15) is 0 Å². The number of hydrogen-bond donors (Lipinski definition) is 1. The van der Waals surface area contributed by atoms with Gasteiger partial charge in [0.1, 0.15) is 0 Å². The molecule has 2 aliphatic rings. The van der Waals surface area contributed by atoms with Crippen molar-refractivity contribution < 1.29 is 0 Å². The molecule has 1 aliphatic heterocycles.